The number of H-pyrrole nitrogens is 2. The molecule has 0 radical (unpaired) electrons. The quantitative estimate of drug-likeness (QED) is 0.347. The highest BCUT2D eigenvalue weighted by Crippen LogP contribution is 2.18. The van der Waals surface area contributed by atoms with Crippen LogP contribution in [0.15, 0.2) is 69.2 Å². The van der Waals surface area contributed by atoms with Crippen molar-refractivity contribution < 1.29 is 22.4 Å². The molecule has 3 aromatic rings. The Balaban J connectivity index is 1.78. The molecule has 13 heteroatoms. The number of hydrogen-bond acceptors (Lipinski definition) is 6. The van der Waals surface area contributed by atoms with E-state index in [-0.39, 0.29) is 16.8 Å². The van der Waals surface area contributed by atoms with Crippen LogP contribution in [0, 0.1) is 5.82 Å². The smallest absolute Gasteiger partial charge is 0.313 e. The highest BCUT2D eigenvalue weighted by Gasteiger charge is 2.22. The number of hydrogen-bond donors (Lipinski definition) is 5. The number of sulfonamides is 1. The molecule has 2 aromatic carbocycles. The third-order valence-corrected chi connectivity index (χ3v) is 5.26. The highest BCUT2D eigenvalue weighted by atomic mass is 32.2. The Kier molecular flexibility index (Phi) is 5.97. The number of aromatic amines is 2. The second-order valence-corrected chi connectivity index (χ2v) is 7.65. The summed E-state index contributed by atoms with van der Waals surface area (Å²) >= 11 is 0. The van der Waals surface area contributed by atoms with Crippen molar-refractivity contribution >= 4 is 27.5 Å². The number of carbonyl (C=O) groups excluding carboxylic acids is 2. The maximum Gasteiger partial charge on any atom is 0.325 e. The van der Waals surface area contributed by atoms with Gasteiger partial charge in [-0.2, -0.15) is 0 Å². The van der Waals surface area contributed by atoms with E-state index in [1.165, 1.54) is 36.4 Å². The summed E-state index contributed by atoms with van der Waals surface area (Å²) < 4.78 is 40.0. The van der Waals surface area contributed by atoms with Crippen LogP contribution in [-0.2, 0) is 10.0 Å². The first-order chi connectivity index (χ1) is 14.7. The molecule has 3 rings (SSSR count). The Morgan fingerprint density at radius 2 is 1.55 bits per heavy atom. The zero-order valence-electron chi connectivity index (χ0n) is 15.4. The summed E-state index contributed by atoms with van der Waals surface area (Å²) in [5.74, 6) is -2.14. The summed E-state index contributed by atoms with van der Waals surface area (Å²) in [5.41, 5.74) is 1.91. The van der Waals surface area contributed by atoms with Crippen molar-refractivity contribution in [1.29, 1.82) is 0 Å². The Bertz CT molecular complexity index is 1360. The van der Waals surface area contributed by atoms with Gasteiger partial charge in [-0.15, -0.1) is 0 Å². The van der Waals surface area contributed by atoms with Gasteiger partial charge in [-0.3, -0.25) is 34.9 Å². The van der Waals surface area contributed by atoms with E-state index in [0.29, 0.717) is 0 Å². The number of aromatic nitrogens is 2. The maximum absolute atomic E-state index is 12.9. The summed E-state index contributed by atoms with van der Waals surface area (Å²) in [7, 11) is -4.46. The van der Waals surface area contributed by atoms with Crippen molar-refractivity contribution in [3.8, 4) is 0 Å². The summed E-state index contributed by atoms with van der Waals surface area (Å²) in [4.78, 5) is 50.4. The van der Waals surface area contributed by atoms with Crippen molar-refractivity contribution in [2.24, 2.45) is 0 Å². The van der Waals surface area contributed by atoms with E-state index in [1.54, 1.807) is 4.98 Å². The Hall–Kier alpha value is -4.26. The predicted octanol–water partition coefficient (Wildman–Crippen LogP) is 0.0779. The number of halogens is 1. The molecule has 1 aromatic heterocycles. The van der Waals surface area contributed by atoms with Crippen LogP contribution in [0.3, 0.4) is 0 Å². The standard InChI is InChI=1S/C18H14FN5O6S/c19-11-7-5-10(6-8-11)15(25)22-23-16(26)12-3-1-2-4-13(12)24-31(29,30)14-9-20-18(28)21-17(14)27/h1-9,24H,(H,22,25)(H,23,26)(H2,20,21,27,28). The first-order valence-corrected chi connectivity index (χ1v) is 9.96. The number of amides is 2. The summed E-state index contributed by atoms with van der Waals surface area (Å²) in [6, 6.07) is 9.96. The lowest BCUT2D eigenvalue weighted by molar-refractivity contribution is 0.0847. The van der Waals surface area contributed by atoms with E-state index >= 15 is 0 Å². The van der Waals surface area contributed by atoms with E-state index in [0.717, 1.165) is 18.3 Å². The molecule has 0 aliphatic heterocycles. The van der Waals surface area contributed by atoms with Gasteiger partial charge in [0, 0.05) is 11.8 Å². The van der Waals surface area contributed by atoms with Gasteiger partial charge in [0.1, 0.15) is 5.82 Å². The van der Waals surface area contributed by atoms with Crippen LogP contribution in [0.2, 0.25) is 0 Å². The molecule has 0 saturated carbocycles. The van der Waals surface area contributed by atoms with Gasteiger partial charge in [-0.05, 0) is 36.4 Å². The molecule has 31 heavy (non-hydrogen) atoms. The predicted molar refractivity (Wildman–Crippen MR) is 106 cm³/mol. The fraction of sp³-hybridized carbons (Fsp3) is 0. The fourth-order valence-electron chi connectivity index (χ4n) is 2.42. The molecule has 5 N–H and O–H groups in total. The Labute approximate surface area is 173 Å². The van der Waals surface area contributed by atoms with Crippen LogP contribution in [-0.4, -0.2) is 30.2 Å². The molecule has 2 amide bonds. The van der Waals surface area contributed by atoms with Gasteiger partial charge in [-0.1, -0.05) is 12.1 Å². The average Bonchev–Trinajstić information content (AvgIpc) is 2.72. The minimum Gasteiger partial charge on any atom is -0.313 e. The molecule has 0 atom stereocenters. The molecular formula is C18H14FN5O6S. The lowest BCUT2D eigenvalue weighted by atomic mass is 10.2. The minimum atomic E-state index is -4.46. The molecule has 0 spiro atoms. The molecule has 0 aliphatic rings. The van der Waals surface area contributed by atoms with Gasteiger partial charge in [0.2, 0.25) is 0 Å². The molecule has 0 aliphatic carbocycles. The van der Waals surface area contributed by atoms with E-state index in [9.17, 15) is 32.0 Å². The molecule has 11 nitrogen and oxygen atoms in total. The third-order valence-electron chi connectivity index (χ3n) is 3.89. The van der Waals surface area contributed by atoms with Crippen molar-refractivity contribution in [3.63, 3.8) is 0 Å². The molecular weight excluding hydrogens is 433 g/mol. The normalized spacial score (nSPS) is 10.9. The number of carbonyl (C=O) groups is 2. The minimum absolute atomic E-state index is 0.0768. The molecule has 160 valence electrons. The molecule has 0 bridgehead atoms. The number of hydrazine groups is 1. The highest BCUT2D eigenvalue weighted by molar-refractivity contribution is 7.92. The lowest BCUT2D eigenvalue weighted by Crippen LogP contribution is -2.42. The number of benzene rings is 2. The lowest BCUT2D eigenvalue weighted by Gasteiger charge is -2.13. The van der Waals surface area contributed by atoms with Crippen LogP contribution >= 0.6 is 0 Å². The fourth-order valence-corrected chi connectivity index (χ4v) is 3.51. The summed E-state index contributed by atoms with van der Waals surface area (Å²) in [6.45, 7) is 0. The van der Waals surface area contributed by atoms with Crippen LogP contribution in [0.1, 0.15) is 20.7 Å². The van der Waals surface area contributed by atoms with Crippen LogP contribution in [0.5, 0.6) is 0 Å². The zero-order chi connectivity index (χ0) is 22.6. The van der Waals surface area contributed by atoms with E-state index in [2.05, 4.69) is 15.6 Å². The Morgan fingerprint density at radius 1 is 0.903 bits per heavy atom. The van der Waals surface area contributed by atoms with Gasteiger partial charge in [0.15, 0.2) is 4.90 Å². The van der Waals surface area contributed by atoms with Crippen molar-refractivity contribution in [2.45, 2.75) is 4.90 Å². The third kappa shape index (κ3) is 5.02. The second kappa shape index (κ2) is 8.62. The number of para-hydroxylation sites is 1. The van der Waals surface area contributed by atoms with E-state index in [4.69, 9.17) is 0 Å². The van der Waals surface area contributed by atoms with Crippen molar-refractivity contribution in [3.05, 3.63) is 92.5 Å². The van der Waals surface area contributed by atoms with Crippen LogP contribution in [0.25, 0.3) is 0 Å². The average molecular weight is 447 g/mol. The van der Waals surface area contributed by atoms with Gasteiger partial charge < -0.3 is 4.98 Å². The van der Waals surface area contributed by atoms with Crippen LogP contribution < -0.4 is 26.8 Å². The van der Waals surface area contributed by atoms with Gasteiger partial charge in [0.05, 0.1) is 11.3 Å². The first kappa shape index (κ1) is 21.4. The van der Waals surface area contributed by atoms with Crippen molar-refractivity contribution in [1.82, 2.24) is 20.8 Å². The van der Waals surface area contributed by atoms with Gasteiger partial charge in [-0.25, -0.2) is 17.6 Å². The largest absolute Gasteiger partial charge is 0.325 e. The summed E-state index contributed by atoms with van der Waals surface area (Å²) in [5, 5.41) is 0. The zero-order valence-corrected chi connectivity index (χ0v) is 16.2. The SMILES string of the molecule is O=C(NNC(=O)c1ccccc1NS(=O)(=O)c1c[nH]c(=O)[nH]c1=O)c1ccc(F)cc1. The molecule has 1 heterocycles. The second-order valence-electron chi connectivity index (χ2n) is 6.00. The molecule has 0 unspecified atom stereocenters. The summed E-state index contributed by atoms with van der Waals surface area (Å²) in [6.07, 6.45) is 0.717. The van der Waals surface area contributed by atoms with Gasteiger partial charge >= 0.3 is 5.69 Å². The number of rotatable bonds is 5. The van der Waals surface area contributed by atoms with Crippen molar-refractivity contribution in [2.75, 3.05) is 4.72 Å². The number of nitrogens with one attached hydrogen (secondary N) is 5. The van der Waals surface area contributed by atoms with Gasteiger partial charge in [0.25, 0.3) is 27.4 Å². The topological polar surface area (TPSA) is 170 Å². The van der Waals surface area contributed by atoms with E-state index in [1.807, 2.05) is 4.98 Å². The Morgan fingerprint density at radius 3 is 2.23 bits per heavy atom. The maximum atomic E-state index is 12.9. The monoisotopic (exact) mass is 447 g/mol. The molecule has 0 fully saturated rings. The van der Waals surface area contributed by atoms with E-state index < -0.39 is 43.8 Å². The molecule has 0 saturated heterocycles. The van der Waals surface area contributed by atoms with Crippen LogP contribution in [0.4, 0.5) is 10.1 Å². The first-order valence-electron chi connectivity index (χ1n) is 8.47. The number of anilines is 1.